The van der Waals surface area contributed by atoms with Gasteiger partial charge in [-0.25, -0.2) is 0 Å². The van der Waals surface area contributed by atoms with Crippen molar-refractivity contribution >= 4 is 27.7 Å². The van der Waals surface area contributed by atoms with E-state index in [0.29, 0.717) is 37.5 Å². The summed E-state index contributed by atoms with van der Waals surface area (Å²) in [7, 11) is 0. The molecule has 1 saturated heterocycles. The van der Waals surface area contributed by atoms with E-state index in [-0.39, 0.29) is 18.4 Å². The number of hydrogen-bond acceptors (Lipinski definition) is 3. The Balaban J connectivity index is 1.48. The van der Waals surface area contributed by atoms with E-state index in [4.69, 9.17) is 4.74 Å². The van der Waals surface area contributed by atoms with E-state index >= 15 is 0 Å². The van der Waals surface area contributed by atoms with E-state index in [0.717, 1.165) is 4.47 Å². The molecule has 0 atom stereocenters. The normalized spacial score (nSPS) is 14.3. The molecule has 6 heteroatoms. The van der Waals surface area contributed by atoms with Crippen LogP contribution in [-0.2, 0) is 4.79 Å². The lowest BCUT2D eigenvalue weighted by Crippen LogP contribution is -2.51. The van der Waals surface area contributed by atoms with Gasteiger partial charge in [-0.2, -0.15) is 0 Å². The fourth-order valence-electron chi connectivity index (χ4n) is 2.69. The van der Waals surface area contributed by atoms with E-state index in [1.165, 1.54) is 0 Å². The second-order valence-corrected chi connectivity index (χ2v) is 6.70. The van der Waals surface area contributed by atoms with Crippen LogP contribution in [-0.4, -0.2) is 54.4 Å². The van der Waals surface area contributed by atoms with Gasteiger partial charge in [0.25, 0.3) is 11.8 Å². The monoisotopic (exact) mass is 402 g/mol. The topological polar surface area (TPSA) is 49.9 Å². The molecule has 130 valence electrons. The van der Waals surface area contributed by atoms with Crippen LogP contribution in [0.5, 0.6) is 5.75 Å². The Hall–Kier alpha value is -2.34. The van der Waals surface area contributed by atoms with Crippen molar-refractivity contribution in [2.24, 2.45) is 0 Å². The molecule has 0 N–H and O–H groups in total. The molecule has 0 aliphatic carbocycles. The molecule has 5 nitrogen and oxygen atoms in total. The van der Waals surface area contributed by atoms with Crippen LogP contribution < -0.4 is 4.74 Å². The van der Waals surface area contributed by atoms with Gasteiger partial charge in [0.15, 0.2) is 6.61 Å². The first-order valence-corrected chi connectivity index (χ1v) is 8.93. The maximum atomic E-state index is 12.5. The first-order valence-electron chi connectivity index (χ1n) is 8.14. The number of amides is 2. The fraction of sp³-hybridized carbons (Fsp3) is 0.263. The summed E-state index contributed by atoms with van der Waals surface area (Å²) in [6.07, 6.45) is 0. The Kier molecular flexibility index (Phi) is 5.71. The Labute approximate surface area is 155 Å². The largest absolute Gasteiger partial charge is 0.484 e. The summed E-state index contributed by atoms with van der Waals surface area (Å²) in [6, 6.07) is 16.6. The Morgan fingerprint density at radius 1 is 0.880 bits per heavy atom. The van der Waals surface area contributed by atoms with Crippen molar-refractivity contribution in [3.63, 3.8) is 0 Å². The molecule has 2 aromatic carbocycles. The number of nitrogens with zero attached hydrogens (tertiary/aromatic N) is 2. The minimum absolute atomic E-state index is 0.000125. The standard InChI is InChI=1S/C19H19BrN2O3/c20-16-8-6-15(7-9-16)19(24)22-12-10-21(11-13-22)18(23)14-25-17-4-2-1-3-5-17/h1-9H,10-14H2. The van der Waals surface area contributed by atoms with Crippen molar-refractivity contribution < 1.29 is 14.3 Å². The maximum absolute atomic E-state index is 12.5. The zero-order valence-electron chi connectivity index (χ0n) is 13.7. The fourth-order valence-corrected chi connectivity index (χ4v) is 2.95. The number of ether oxygens (including phenoxy) is 1. The molecule has 1 aliphatic rings. The van der Waals surface area contributed by atoms with Crippen LogP contribution in [0.4, 0.5) is 0 Å². The third kappa shape index (κ3) is 4.60. The van der Waals surface area contributed by atoms with Crippen LogP contribution in [0.15, 0.2) is 59.1 Å². The van der Waals surface area contributed by atoms with E-state index in [1.807, 2.05) is 42.5 Å². The van der Waals surface area contributed by atoms with Gasteiger partial charge in [-0.15, -0.1) is 0 Å². The van der Waals surface area contributed by atoms with Gasteiger partial charge in [-0.1, -0.05) is 34.1 Å². The van der Waals surface area contributed by atoms with E-state index < -0.39 is 0 Å². The summed E-state index contributed by atoms with van der Waals surface area (Å²) in [5.41, 5.74) is 0.662. The molecule has 0 saturated carbocycles. The molecule has 1 heterocycles. The molecule has 1 aliphatic heterocycles. The Morgan fingerprint density at radius 3 is 2.12 bits per heavy atom. The van der Waals surface area contributed by atoms with Gasteiger partial charge >= 0.3 is 0 Å². The number of halogens is 1. The number of carbonyl (C=O) groups is 2. The molecule has 1 fully saturated rings. The molecule has 3 rings (SSSR count). The molecule has 25 heavy (non-hydrogen) atoms. The summed E-state index contributed by atoms with van der Waals surface area (Å²) in [5, 5.41) is 0. The number of piperazine rings is 1. The lowest BCUT2D eigenvalue weighted by atomic mass is 10.2. The van der Waals surface area contributed by atoms with Crippen molar-refractivity contribution in [2.45, 2.75) is 0 Å². The van der Waals surface area contributed by atoms with Crippen LogP contribution in [0.25, 0.3) is 0 Å². The number of rotatable bonds is 4. The Morgan fingerprint density at radius 2 is 1.48 bits per heavy atom. The maximum Gasteiger partial charge on any atom is 0.260 e. The van der Waals surface area contributed by atoms with Crippen molar-refractivity contribution in [1.82, 2.24) is 9.80 Å². The third-order valence-corrected chi connectivity index (χ3v) is 4.64. The number of benzene rings is 2. The van der Waals surface area contributed by atoms with Gasteiger partial charge in [-0.05, 0) is 36.4 Å². The lowest BCUT2D eigenvalue weighted by Gasteiger charge is -2.34. The van der Waals surface area contributed by atoms with Crippen LogP contribution in [0.2, 0.25) is 0 Å². The lowest BCUT2D eigenvalue weighted by molar-refractivity contribution is -0.134. The second-order valence-electron chi connectivity index (χ2n) is 5.78. The molecule has 0 spiro atoms. The van der Waals surface area contributed by atoms with E-state index in [2.05, 4.69) is 15.9 Å². The number of carbonyl (C=O) groups excluding carboxylic acids is 2. The summed E-state index contributed by atoms with van der Waals surface area (Å²) >= 11 is 3.37. The number of hydrogen-bond donors (Lipinski definition) is 0. The Bertz CT molecular complexity index is 726. The zero-order chi connectivity index (χ0) is 17.6. The van der Waals surface area contributed by atoms with Gasteiger partial charge in [-0.3, -0.25) is 9.59 Å². The highest BCUT2D eigenvalue weighted by molar-refractivity contribution is 9.10. The second kappa shape index (κ2) is 8.16. The summed E-state index contributed by atoms with van der Waals surface area (Å²) in [4.78, 5) is 28.3. The predicted octanol–water partition coefficient (Wildman–Crippen LogP) is 2.81. The molecule has 0 unspecified atom stereocenters. The van der Waals surface area contributed by atoms with Gasteiger partial charge < -0.3 is 14.5 Å². The van der Waals surface area contributed by atoms with Crippen molar-refractivity contribution in [3.8, 4) is 5.75 Å². The third-order valence-electron chi connectivity index (χ3n) is 4.12. The highest BCUT2D eigenvalue weighted by atomic mass is 79.9. The van der Waals surface area contributed by atoms with Gasteiger partial charge in [0.1, 0.15) is 5.75 Å². The average molecular weight is 403 g/mol. The zero-order valence-corrected chi connectivity index (χ0v) is 15.3. The minimum atomic E-state index is -0.0559. The predicted molar refractivity (Wildman–Crippen MR) is 98.6 cm³/mol. The average Bonchev–Trinajstić information content (AvgIpc) is 2.67. The molecule has 2 aromatic rings. The van der Waals surface area contributed by atoms with E-state index in [1.54, 1.807) is 21.9 Å². The van der Waals surface area contributed by atoms with Crippen LogP contribution in [0.3, 0.4) is 0 Å². The molecular weight excluding hydrogens is 384 g/mol. The van der Waals surface area contributed by atoms with Gasteiger partial charge in [0.05, 0.1) is 0 Å². The summed E-state index contributed by atoms with van der Waals surface area (Å²) in [6.45, 7) is 2.14. The highest BCUT2D eigenvalue weighted by Gasteiger charge is 2.25. The minimum Gasteiger partial charge on any atom is -0.484 e. The highest BCUT2D eigenvalue weighted by Crippen LogP contribution is 2.14. The van der Waals surface area contributed by atoms with Crippen LogP contribution in [0.1, 0.15) is 10.4 Å². The number of para-hydroxylation sites is 1. The van der Waals surface area contributed by atoms with E-state index in [9.17, 15) is 9.59 Å². The molecule has 2 amide bonds. The first-order chi connectivity index (χ1) is 12.1. The molecule has 0 aromatic heterocycles. The SMILES string of the molecule is O=C(COc1ccccc1)N1CCN(C(=O)c2ccc(Br)cc2)CC1. The van der Waals surface area contributed by atoms with Crippen LogP contribution in [0, 0.1) is 0 Å². The molecule has 0 bridgehead atoms. The molecular formula is C19H19BrN2O3. The first kappa shape index (κ1) is 17.5. The van der Waals surface area contributed by atoms with Crippen molar-refractivity contribution in [2.75, 3.05) is 32.8 Å². The summed E-state index contributed by atoms with van der Waals surface area (Å²) in [5.74, 6) is 0.625. The van der Waals surface area contributed by atoms with Crippen LogP contribution >= 0.6 is 15.9 Å². The van der Waals surface area contributed by atoms with Crippen molar-refractivity contribution in [1.29, 1.82) is 0 Å². The smallest absolute Gasteiger partial charge is 0.260 e. The van der Waals surface area contributed by atoms with Gasteiger partial charge in [0.2, 0.25) is 0 Å². The molecule has 0 radical (unpaired) electrons. The summed E-state index contributed by atoms with van der Waals surface area (Å²) < 4.78 is 6.44. The van der Waals surface area contributed by atoms with Gasteiger partial charge in [0, 0.05) is 36.2 Å². The quantitative estimate of drug-likeness (QED) is 0.789. The van der Waals surface area contributed by atoms with Crippen molar-refractivity contribution in [3.05, 3.63) is 64.6 Å².